The van der Waals surface area contributed by atoms with Crippen molar-refractivity contribution in [1.82, 2.24) is 15.1 Å². The zero-order chi connectivity index (χ0) is 16.4. The quantitative estimate of drug-likeness (QED) is 0.928. The molecule has 0 aliphatic carbocycles. The van der Waals surface area contributed by atoms with Crippen LogP contribution in [0.15, 0.2) is 0 Å². The second-order valence-corrected chi connectivity index (χ2v) is 7.32. The van der Waals surface area contributed by atoms with Gasteiger partial charge in [0.1, 0.15) is 0 Å². The molecule has 0 bridgehead atoms. The molecule has 5 heteroatoms. The first-order valence-corrected chi connectivity index (χ1v) is 8.93. The van der Waals surface area contributed by atoms with E-state index in [1.54, 1.807) is 0 Å². The van der Waals surface area contributed by atoms with E-state index < -0.39 is 0 Å². The summed E-state index contributed by atoms with van der Waals surface area (Å²) in [5, 5.41) is 7.28. The second kappa shape index (κ2) is 7.04. The van der Waals surface area contributed by atoms with Crippen LogP contribution in [-0.2, 0) is 9.53 Å². The molecule has 1 N–H and O–H groups in total. The molecule has 128 valence electrons. The van der Waals surface area contributed by atoms with Crippen LogP contribution in [0.5, 0.6) is 0 Å². The minimum atomic E-state index is 0.219. The lowest BCUT2D eigenvalue weighted by molar-refractivity contribution is -0.133. The maximum absolute atomic E-state index is 12.8. The molecule has 3 heterocycles. The van der Waals surface area contributed by atoms with Gasteiger partial charge in [0.25, 0.3) is 0 Å². The highest BCUT2D eigenvalue weighted by Gasteiger charge is 2.32. The summed E-state index contributed by atoms with van der Waals surface area (Å²) in [6, 6.07) is 0. The molecule has 1 aromatic rings. The fourth-order valence-corrected chi connectivity index (χ4v) is 4.32. The first-order valence-electron chi connectivity index (χ1n) is 8.93. The summed E-state index contributed by atoms with van der Waals surface area (Å²) < 4.78 is 5.53. The molecule has 23 heavy (non-hydrogen) atoms. The molecule has 0 aromatic carbocycles. The molecule has 1 amide bonds. The summed E-state index contributed by atoms with van der Waals surface area (Å²) in [4.78, 5) is 14.8. The van der Waals surface area contributed by atoms with Gasteiger partial charge in [-0.25, -0.2) is 0 Å². The molecular weight excluding hydrogens is 290 g/mol. The van der Waals surface area contributed by atoms with Gasteiger partial charge >= 0.3 is 0 Å². The predicted octanol–water partition coefficient (Wildman–Crippen LogP) is 2.80. The first kappa shape index (κ1) is 16.5. The van der Waals surface area contributed by atoms with E-state index in [9.17, 15) is 4.79 Å². The average molecular weight is 319 g/mol. The first-order chi connectivity index (χ1) is 11.1. The summed E-state index contributed by atoms with van der Waals surface area (Å²) >= 11 is 0. The molecule has 2 saturated heterocycles. The lowest BCUT2D eigenvalue weighted by Crippen LogP contribution is -2.42. The van der Waals surface area contributed by atoms with Crippen molar-refractivity contribution < 1.29 is 9.53 Å². The normalized spacial score (nSPS) is 26.5. The fourth-order valence-electron chi connectivity index (χ4n) is 4.32. The third kappa shape index (κ3) is 3.60. The SMILES string of the molecule is Cc1n[nH]c(C)c1C(C)CC(=O)N1CCCC(C2CCOC2)C1. The molecule has 3 rings (SSSR count). The monoisotopic (exact) mass is 319 g/mol. The minimum Gasteiger partial charge on any atom is -0.381 e. The molecule has 3 atom stereocenters. The van der Waals surface area contributed by atoms with E-state index in [-0.39, 0.29) is 5.92 Å². The van der Waals surface area contributed by atoms with Crippen LogP contribution >= 0.6 is 0 Å². The number of carbonyl (C=O) groups excluding carboxylic acids is 1. The number of likely N-dealkylation sites (tertiary alicyclic amines) is 1. The minimum absolute atomic E-state index is 0.219. The fraction of sp³-hybridized carbons (Fsp3) is 0.778. The summed E-state index contributed by atoms with van der Waals surface area (Å²) in [5.41, 5.74) is 3.31. The highest BCUT2D eigenvalue weighted by molar-refractivity contribution is 5.77. The van der Waals surface area contributed by atoms with Gasteiger partial charge in [-0.2, -0.15) is 5.10 Å². The van der Waals surface area contributed by atoms with E-state index in [0.717, 1.165) is 50.5 Å². The van der Waals surface area contributed by atoms with E-state index >= 15 is 0 Å². The summed E-state index contributed by atoms with van der Waals surface area (Å²) in [5.74, 6) is 1.79. The average Bonchev–Trinajstić information content (AvgIpc) is 3.17. The lowest BCUT2D eigenvalue weighted by Gasteiger charge is -2.36. The number of rotatable bonds is 4. The molecular formula is C18H29N3O2. The predicted molar refractivity (Wildman–Crippen MR) is 89.3 cm³/mol. The Balaban J connectivity index is 1.59. The summed E-state index contributed by atoms with van der Waals surface area (Å²) in [7, 11) is 0. The van der Waals surface area contributed by atoms with E-state index in [4.69, 9.17) is 4.74 Å². The Morgan fingerprint density at radius 1 is 1.39 bits per heavy atom. The third-order valence-electron chi connectivity index (χ3n) is 5.60. The van der Waals surface area contributed by atoms with Crippen molar-refractivity contribution >= 4 is 5.91 Å². The van der Waals surface area contributed by atoms with Crippen LogP contribution in [0.4, 0.5) is 0 Å². The Hall–Kier alpha value is -1.36. The number of aromatic nitrogens is 2. The van der Waals surface area contributed by atoms with Crippen LogP contribution in [0.25, 0.3) is 0 Å². The topological polar surface area (TPSA) is 58.2 Å². The Bertz CT molecular complexity index is 529. The van der Waals surface area contributed by atoms with Gasteiger partial charge in [-0.1, -0.05) is 6.92 Å². The van der Waals surface area contributed by atoms with Gasteiger partial charge in [-0.3, -0.25) is 9.89 Å². The summed E-state index contributed by atoms with van der Waals surface area (Å²) in [6.07, 6.45) is 4.12. The molecule has 1 aromatic heterocycles. The van der Waals surface area contributed by atoms with E-state index in [1.165, 1.54) is 12.0 Å². The molecule has 0 saturated carbocycles. The second-order valence-electron chi connectivity index (χ2n) is 7.32. The Morgan fingerprint density at radius 3 is 2.87 bits per heavy atom. The number of amides is 1. The highest BCUT2D eigenvalue weighted by atomic mass is 16.5. The van der Waals surface area contributed by atoms with Crippen LogP contribution in [0, 0.1) is 25.7 Å². The number of piperidine rings is 1. The van der Waals surface area contributed by atoms with Crippen LogP contribution in [-0.4, -0.2) is 47.3 Å². The number of carbonyl (C=O) groups is 1. The number of nitrogens with one attached hydrogen (secondary N) is 1. The van der Waals surface area contributed by atoms with Crippen LogP contribution in [0.3, 0.4) is 0 Å². The van der Waals surface area contributed by atoms with E-state index in [2.05, 4.69) is 22.0 Å². The molecule has 0 spiro atoms. The van der Waals surface area contributed by atoms with Crippen LogP contribution in [0.2, 0.25) is 0 Å². The van der Waals surface area contributed by atoms with Gasteiger partial charge in [-0.15, -0.1) is 0 Å². The molecule has 3 unspecified atom stereocenters. The van der Waals surface area contributed by atoms with Crippen molar-refractivity contribution in [2.75, 3.05) is 26.3 Å². The molecule has 2 aliphatic heterocycles. The van der Waals surface area contributed by atoms with Gasteiger partial charge in [0, 0.05) is 38.4 Å². The van der Waals surface area contributed by atoms with Gasteiger partial charge in [-0.05, 0) is 56.4 Å². The zero-order valence-corrected chi connectivity index (χ0v) is 14.6. The van der Waals surface area contributed by atoms with E-state index in [1.807, 2.05) is 13.8 Å². The van der Waals surface area contributed by atoms with Crippen molar-refractivity contribution in [1.29, 1.82) is 0 Å². The van der Waals surface area contributed by atoms with Gasteiger partial charge < -0.3 is 9.64 Å². The van der Waals surface area contributed by atoms with Gasteiger partial charge in [0.2, 0.25) is 5.91 Å². The number of ether oxygens (including phenoxy) is 1. The lowest BCUT2D eigenvalue weighted by atomic mass is 9.84. The maximum atomic E-state index is 12.8. The molecule has 5 nitrogen and oxygen atoms in total. The number of hydrogen-bond donors (Lipinski definition) is 1. The number of nitrogens with zero attached hydrogens (tertiary/aromatic N) is 2. The number of aryl methyl sites for hydroxylation is 2. The Morgan fingerprint density at radius 2 is 2.22 bits per heavy atom. The smallest absolute Gasteiger partial charge is 0.223 e. The van der Waals surface area contributed by atoms with Crippen LogP contribution < -0.4 is 0 Å². The van der Waals surface area contributed by atoms with Crippen molar-refractivity contribution in [3.05, 3.63) is 17.0 Å². The van der Waals surface area contributed by atoms with Gasteiger partial charge in [0.15, 0.2) is 0 Å². The number of H-pyrrole nitrogens is 1. The third-order valence-corrected chi connectivity index (χ3v) is 5.60. The molecule has 2 aliphatic rings. The largest absolute Gasteiger partial charge is 0.381 e. The molecule has 0 radical (unpaired) electrons. The van der Waals surface area contributed by atoms with Crippen molar-refractivity contribution in [3.8, 4) is 0 Å². The van der Waals surface area contributed by atoms with E-state index in [0.29, 0.717) is 24.2 Å². The van der Waals surface area contributed by atoms with Crippen molar-refractivity contribution in [3.63, 3.8) is 0 Å². The van der Waals surface area contributed by atoms with Gasteiger partial charge in [0.05, 0.1) is 5.69 Å². The number of hydrogen-bond acceptors (Lipinski definition) is 3. The Kier molecular flexibility index (Phi) is 5.05. The highest BCUT2D eigenvalue weighted by Crippen LogP contribution is 2.31. The van der Waals surface area contributed by atoms with Crippen LogP contribution in [0.1, 0.15) is 55.5 Å². The standard InChI is InChI=1S/C18H29N3O2/c1-12(18-13(2)19-20-14(18)3)9-17(22)21-7-4-5-15(10-21)16-6-8-23-11-16/h12,15-16H,4-11H2,1-3H3,(H,19,20). The number of aromatic amines is 1. The Labute approximate surface area is 138 Å². The van der Waals surface area contributed by atoms with Crippen molar-refractivity contribution in [2.45, 2.75) is 52.4 Å². The summed E-state index contributed by atoms with van der Waals surface area (Å²) in [6.45, 7) is 9.79. The molecule has 2 fully saturated rings. The van der Waals surface area contributed by atoms with Crippen molar-refractivity contribution in [2.24, 2.45) is 11.8 Å². The maximum Gasteiger partial charge on any atom is 0.223 e. The zero-order valence-electron chi connectivity index (χ0n) is 14.6.